The number of phenols is 1. The fourth-order valence-corrected chi connectivity index (χ4v) is 1.08. The average Bonchev–Trinajstić information content (AvgIpc) is 2.04. The summed E-state index contributed by atoms with van der Waals surface area (Å²) < 4.78 is 0. The second-order valence-electron chi connectivity index (χ2n) is 3.24. The highest BCUT2D eigenvalue weighted by Crippen LogP contribution is 2.19. The van der Waals surface area contributed by atoms with Gasteiger partial charge in [0.15, 0.2) is 0 Å². The van der Waals surface area contributed by atoms with Gasteiger partial charge in [-0.3, -0.25) is 0 Å². The molecule has 1 rings (SSSR count). The second-order valence-corrected chi connectivity index (χ2v) is 3.24. The molecule has 2 atom stereocenters. The molecule has 0 aliphatic heterocycles. The molecular formula is C10H15NO. The van der Waals surface area contributed by atoms with E-state index in [1.165, 1.54) is 5.56 Å². The molecule has 0 saturated carbocycles. The third-order valence-electron chi connectivity index (χ3n) is 2.21. The van der Waals surface area contributed by atoms with Gasteiger partial charge in [-0.15, -0.1) is 0 Å². The van der Waals surface area contributed by atoms with E-state index in [4.69, 9.17) is 10.8 Å². The van der Waals surface area contributed by atoms with E-state index in [9.17, 15) is 0 Å². The Morgan fingerprint density at radius 1 is 1.17 bits per heavy atom. The van der Waals surface area contributed by atoms with Crippen LogP contribution in [-0.2, 0) is 0 Å². The quantitative estimate of drug-likeness (QED) is 0.702. The summed E-state index contributed by atoms with van der Waals surface area (Å²) in [6.45, 7) is 4.06. The van der Waals surface area contributed by atoms with Gasteiger partial charge < -0.3 is 10.8 Å². The first-order valence-electron chi connectivity index (χ1n) is 4.16. The molecule has 0 fully saturated rings. The molecular weight excluding hydrogens is 150 g/mol. The van der Waals surface area contributed by atoms with Crippen LogP contribution < -0.4 is 5.73 Å². The lowest BCUT2D eigenvalue weighted by Crippen LogP contribution is -2.22. The third-order valence-corrected chi connectivity index (χ3v) is 2.21. The summed E-state index contributed by atoms with van der Waals surface area (Å²) in [6.07, 6.45) is 0. The molecule has 1 aromatic rings. The van der Waals surface area contributed by atoms with Gasteiger partial charge in [0.1, 0.15) is 5.75 Å². The van der Waals surface area contributed by atoms with Crippen LogP contribution in [0.2, 0.25) is 0 Å². The first kappa shape index (κ1) is 9.07. The third kappa shape index (κ3) is 1.98. The Labute approximate surface area is 73.0 Å². The highest BCUT2D eigenvalue weighted by Gasteiger charge is 2.09. The van der Waals surface area contributed by atoms with Gasteiger partial charge in [0, 0.05) is 6.04 Å². The lowest BCUT2D eigenvalue weighted by molar-refractivity contribution is 0.474. The fraction of sp³-hybridized carbons (Fsp3) is 0.400. The topological polar surface area (TPSA) is 46.2 Å². The average molecular weight is 165 g/mol. The summed E-state index contributed by atoms with van der Waals surface area (Å²) in [5, 5.41) is 9.05. The van der Waals surface area contributed by atoms with Crippen LogP contribution in [0.4, 0.5) is 0 Å². The lowest BCUT2D eigenvalue weighted by atomic mass is 9.95. The molecule has 2 nitrogen and oxygen atoms in total. The van der Waals surface area contributed by atoms with Crippen molar-refractivity contribution in [2.45, 2.75) is 25.8 Å². The molecule has 12 heavy (non-hydrogen) atoms. The van der Waals surface area contributed by atoms with Crippen LogP contribution in [0.5, 0.6) is 5.75 Å². The van der Waals surface area contributed by atoms with Crippen LogP contribution in [0.1, 0.15) is 25.3 Å². The van der Waals surface area contributed by atoms with E-state index in [0.29, 0.717) is 11.7 Å². The summed E-state index contributed by atoms with van der Waals surface area (Å²) in [5.41, 5.74) is 6.91. The van der Waals surface area contributed by atoms with E-state index in [1.807, 2.05) is 19.1 Å². The van der Waals surface area contributed by atoms with Gasteiger partial charge in [-0.25, -0.2) is 0 Å². The highest BCUT2D eigenvalue weighted by molar-refractivity contribution is 5.28. The molecule has 0 heterocycles. The summed E-state index contributed by atoms with van der Waals surface area (Å²) in [4.78, 5) is 0. The van der Waals surface area contributed by atoms with Gasteiger partial charge in [-0.2, -0.15) is 0 Å². The van der Waals surface area contributed by atoms with Crippen molar-refractivity contribution in [3.63, 3.8) is 0 Å². The van der Waals surface area contributed by atoms with E-state index in [1.54, 1.807) is 12.1 Å². The molecule has 0 aliphatic carbocycles. The zero-order valence-corrected chi connectivity index (χ0v) is 7.49. The molecule has 1 aromatic carbocycles. The van der Waals surface area contributed by atoms with E-state index >= 15 is 0 Å². The summed E-state index contributed by atoms with van der Waals surface area (Å²) >= 11 is 0. The lowest BCUT2D eigenvalue weighted by Gasteiger charge is -2.15. The Bertz CT molecular complexity index is 241. The maximum Gasteiger partial charge on any atom is 0.115 e. The second kappa shape index (κ2) is 3.59. The Morgan fingerprint density at radius 2 is 1.67 bits per heavy atom. The van der Waals surface area contributed by atoms with E-state index in [-0.39, 0.29) is 6.04 Å². The molecule has 0 spiro atoms. The van der Waals surface area contributed by atoms with Crippen LogP contribution >= 0.6 is 0 Å². The summed E-state index contributed by atoms with van der Waals surface area (Å²) in [6, 6.07) is 7.34. The van der Waals surface area contributed by atoms with Gasteiger partial charge in [-0.1, -0.05) is 19.1 Å². The molecule has 2 unspecified atom stereocenters. The van der Waals surface area contributed by atoms with Crippen LogP contribution in [0.15, 0.2) is 24.3 Å². The Morgan fingerprint density at radius 3 is 2.08 bits per heavy atom. The first-order chi connectivity index (χ1) is 5.61. The first-order valence-corrected chi connectivity index (χ1v) is 4.16. The Hall–Kier alpha value is -1.02. The highest BCUT2D eigenvalue weighted by atomic mass is 16.3. The number of rotatable bonds is 2. The predicted molar refractivity (Wildman–Crippen MR) is 50.2 cm³/mol. The van der Waals surface area contributed by atoms with Gasteiger partial charge >= 0.3 is 0 Å². The monoisotopic (exact) mass is 165 g/mol. The molecule has 0 saturated heterocycles. The number of benzene rings is 1. The molecule has 0 amide bonds. The summed E-state index contributed by atoms with van der Waals surface area (Å²) in [5.74, 6) is 0.640. The van der Waals surface area contributed by atoms with Gasteiger partial charge in [-0.05, 0) is 30.5 Å². The van der Waals surface area contributed by atoms with Crippen molar-refractivity contribution in [2.24, 2.45) is 5.73 Å². The Kier molecular flexibility index (Phi) is 2.71. The molecule has 0 bridgehead atoms. The number of hydrogen-bond donors (Lipinski definition) is 2. The maximum atomic E-state index is 9.05. The van der Waals surface area contributed by atoms with Crippen molar-refractivity contribution in [1.82, 2.24) is 0 Å². The van der Waals surface area contributed by atoms with Crippen molar-refractivity contribution in [3.8, 4) is 5.75 Å². The van der Waals surface area contributed by atoms with Gasteiger partial charge in [0.2, 0.25) is 0 Å². The van der Waals surface area contributed by atoms with Crippen LogP contribution in [0.25, 0.3) is 0 Å². The minimum absolute atomic E-state index is 0.148. The molecule has 3 N–H and O–H groups in total. The largest absolute Gasteiger partial charge is 0.508 e. The maximum absolute atomic E-state index is 9.05. The molecule has 2 heteroatoms. The number of aromatic hydroxyl groups is 1. The van der Waals surface area contributed by atoms with Crippen LogP contribution in [0.3, 0.4) is 0 Å². The van der Waals surface area contributed by atoms with E-state index in [2.05, 4.69) is 6.92 Å². The SMILES string of the molecule is CC(N)C(C)c1ccc(O)cc1. The fourth-order valence-electron chi connectivity index (χ4n) is 1.08. The minimum Gasteiger partial charge on any atom is -0.508 e. The zero-order valence-electron chi connectivity index (χ0n) is 7.49. The van der Waals surface area contributed by atoms with Crippen LogP contribution in [0, 0.1) is 0 Å². The van der Waals surface area contributed by atoms with Crippen molar-refractivity contribution in [1.29, 1.82) is 0 Å². The smallest absolute Gasteiger partial charge is 0.115 e. The molecule has 66 valence electrons. The van der Waals surface area contributed by atoms with Crippen molar-refractivity contribution >= 4 is 0 Å². The van der Waals surface area contributed by atoms with Gasteiger partial charge in [0.05, 0.1) is 0 Å². The van der Waals surface area contributed by atoms with Crippen LogP contribution in [-0.4, -0.2) is 11.1 Å². The van der Waals surface area contributed by atoms with Crippen molar-refractivity contribution < 1.29 is 5.11 Å². The molecule has 0 aliphatic rings. The van der Waals surface area contributed by atoms with Crippen molar-refractivity contribution in [2.75, 3.05) is 0 Å². The standard InChI is InChI=1S/C10H15NO/c1-7(8(2)11)9-3-5-10(12)6-4-9/h3-8,12H,11H2,1-2H3. The number of hydrogen-bond acceptors (Lipinski definition) is 2. The molecule has 0 aromatic heterocycles. The molecule has 0 radical (unpaired) electrons. The van der Waals surface area contributed by atoms with E-state index < -0.39 is 0 Å². The summed E-state index contributed by atoms with van der Waals surface area (Å²) in [7, 11) is 0. The minimum atomic E-state index is 0.148. The Balaban J connectivity index is 2.82. The van der Waals surface area contributed by atoms with Crippen molar-refractivity contribution in [3.05, 3.63) is 29.8 Å². The zero-order chi connectivity index (χ0) is 9.14. The number of nitrogens with two attached hydrogens (primary N) is 1. The van der Waals surface area contributed by atoms with E-state index in [0.717, 1.165) is 0 Å². The normalized spacial score (nSPS) is 15.6. The predicted octanol–water partition coefficient (Wildman–Crippen LogP) is 1.84. The number of phenolic OH excluding ortho intramolecular Hbond substituents is 1. The van der Waals surface area contributed by atoms with Gasteiger partial charge in [0.25, 0.3) is 0 Å².